The third-order valence-electron chi connectivity index (χ3n) is 4.42. The zero-order chi connectivity index (χ0) is 21.6. The van der Waals surface area contributed by atoms with Crippen LogP contribution >= 0.6 is 46.4 Å². The van der Waals surface area contributed by atoms with Crippen molar-refractivity contribution in [1.29, 1.82) is 0 Å². The molecule has 0 bridgehead atoms. The van der Waals surface area contributed by atoms with Crippen LogP contribution in [0.25, 0.3) is 0 Å². The van der Waals surface area contributed by atoms with Crippen LogP contribution in [0.4, 0.5) is 0 Å². The van der Waals surface area contributed by atoms with Gasteiger partial charge in [-0.15, -0.1) is 0 Å². The lowest BCUT2D eigenvalue weighted by atomic mass is 9.82. The quantitative estimate of drug-likeness (QED) is 0.311. The number of halogens is 4. The number of phenolic OH excluding ortho intramolecular Hbond substituents is 2. The molecular weight excluding hydrogens is 482 g/mol. The monoisotopic (exact) mass is 492 g/mol. The fraction of sp³-hybridized carbons (Fsp3) is 0.0526. The van der Waals surface area contributed by atoms with Gasteiger partial charge in [0.15, 0.2) is 4.75 Å². The van der Waals surface area contributed by atoms with E-state index in [0.29, 0.717) is 0 Å². The van der Waals surface area contributed by atoms with Gasteiger partial charge in [-0.05, 0) is 18.2 Å². The molecule has 10 heteroatoms. The molecule has 152 valence electrons. The molecule has 0 atom stereocenters. The zero-order valence-electron chi connectivity index (χ0n) is 14.3. The van der Waals surface area contributed by atoms with E-state index in [1.165, 1.54) is 48.5 Å². The Morgan fingerprint density at radius 1 is 0.690 bits per heavy atom. The van der Waals surface area contributed by atoms with Crippen molar-refractivity contribution < 1.29 is 23.2 Å². The zero-order valence-corrected chi connectivity index (χ0v) is 18.1. The number of hydrogen-bond donors (Lipinski definition) is 3. The summed E-state index contributed by atoms with van der Waals surface area (Å²) in [6.07, 6.45) is 0. The van der Waals surface area contributed by atoms with Crippen LogP contribution in [0.5, 0.6) is 11.5 Å². The molecule has 0 radical (unpaired) electrons. The number of phenols is 2. The van der Waals surface area contributed by atoms with Crippen LogP contribution in [0.15, 0.2) is 54.6 Å². The molecule has 29 heavy (non-hydrogen) atoms. The highest BCUT2D eigenvalue weighted by Gasteiger charge is 2.54. The molecule has 0 fully saturated rings. The van der Waals surface area contributed by atoms with Gasteiger partial charge in [-0.3, -0.25) is 4.55 Å². The lowest BCUT2D eigenvalue weighted by Crippen LogP contribution is -2.39. The van der Waals surface area contributed by atoms with E-state index in [2.05, 4.69) is 0 Å². The van der Waals surface area contributed by atoms with E-state index < -0.39 is 31.9 Å². The van der Waals surface area contributed by atoms with Crippen molar-refractivity contribution in [2.75, 3.05) is 0 Å². The molecule has 3 aromatic rings. The van der Waals surface area contributed by atoms with Crippen LogP contribution in [0, 0.1) is 0 Å². The largest absolute Gasteiger partial charge is 0.506 e. The summed E-state index contributed by atoms with van der Waals surface area (Å²) in [7, 11) is -5.22. The summed E-state index contributed by atoms with van der Waals surface area (Å²) >= 11 is 24.6. The van der Waals surface area contributed by atoms with Gasteiger partial charge in [-0.25, -0.2) is 0 Å². The van der Waals surface area contributed by atoms with E-state index in [9.17, 15) is 23.2 Å². The minimum atomic E-state index is -5.22. The number of rotatable bonds is 4. The van der Waals surface area contributed by atoms with Gasteiger partial charge in [0, 0.05) is 21.2 Å². The molecule has 3 N–H and O–H groups in total. The Kier molecular flexibility index (Phi) is 5.98. The molecule has 0 heterocycles. The lowest BCUT2D eigenvalue weighted by Gasteiger charge is -2.34. The van der Waals surface area contributed by atoms with Gasteiger partial charge in [0.2, 0.25) is 0 Å². The van der Waals surface area contributed by atoms with Crippen molar-refractivity contribution in [1.82, 2.24) is 0 Å². The smallest absolute Gasteiger partial charge is 0.283 e. The molecule has 0 unspecified atom stereocenters. The Labute approximate surface area is 186 Å². The lowest BCUT2D eigenvalue weighted by molar-refractivity contribution is 0.416. The standard InChI is InChI=1S/C19H12Cl4O5S/c20-12-7-3-1-5-10(12)19(29(26,27)28,11-6-2-4-8-13(11)21)16-17(24)14(22)9-15(23)18(16)25/h1-9,24-25H,(H,26,27,28). The minimum Gasteiger partial charge on any atom is -0.506 e. The van der Waals surface area contributed by atoms with Crippen molar-refractivity contribution in [2.24, 2.45) is 0 Å². The summed E-state index contributed by atoms with van der Waals surface area (Å²) in [6.45, 7) is 0. The van der Waals surface area contributed by atoms with Gasteiger partial charge in [-0.1, -0.05) is 82.8 Å². The second-order valence-electron chi connectivity index (χ2n) is 6.03. The van der Waals surface area contributed by atoms with Crippen molar-refractivity contribution in [2.45, 2.75) is 4.75 Å². The van der Waals surface area contributed by atoms with Crippen molar-refractivity contribution in [3.8, 4) is 11.5 Å². The summed E-state index contributed by atoms with van der Waals surface area (Å²) in [5.74, 6) is -1.63. The molecule has 0 aromatic heterocycles. The van der Waals surface area contributed by atoms with Gasteiger partial charge in [0.1, 0.15) is 11.5 Å². The van der Waals surface area contributed by atoms with Crippen molar-refractivity contribution >= 4 is 56.5 Å². The van der Waals surface area contributed by atoms with Gasteiger partial charge >= 0.3 is 0 Å². The van der Waals surface area contributed by atoms with E-state index in [-0.39, 0.29) is 31.2 Å². The number of hydrogen-bond acceptors (Lipinski definition) is 4. The molecule has 0 aliphatic rings. The Bertz CT molecular complexity index is 1140. The first-order valence-electron chi connectivity index (χ1n) is 7.91. The minimum absolute atomic E-state index is 0.0834. The Morgan fingerprint density at radius 3 is 1.41 bits per heavy atom. The highest BCUT2D eigenvalue weighted by molar-refractivity contribution is 7.87. The van der Waals surface area contributed by atoms with E-state index in [1.54, 1.807) is 0 Å². The molecule has 0 aliphatic heterocycles. The van der Waals surface area contributed by atoms with Crippen LogP contribution in [0.1, 0.15) is 16.7 Å². The van der Waals surface area contributed by atoms with Crippen molar-refractivity contribution in [3.05, 3.63) is 91.4 Å². The summed E-state index contributed by atoms with van der Waals surface area (Å²) in [6, 6.07) is 12.4. The third kappa shape index (κ3) is 3.44. The third-order valence-corrected chi connectivity index (χ3v) is 7.08. The second kappa shape index (κ2) is 7.87. The fourth-order valence-electron chi connectivity index (χ4n) is 3.25. The second-order valence-corrected chi connectivity index (χ2v) is 9.22. The first-order chi connectivity index (χ1) is 13.5. The number of aromatic hydroxyl groups is 2. The highest BCUT2D eigenvalue weighted by atomic mass is 35.5. The Morgan fingerprint density at radius 2 is 1.07 bits per heavy atom. The predicted molar refractivity (Wildman–Crippen MR) is 114 cm³/mol. The van der Waals surface area contributed by atoms with Crippen LogP contribution in [-0.4, -0.2) is 23.2 Å². The average Bonchev–Trinajstić information content (AvgIpc) is 2.64. The SMILES string of the molecule is O=S(=O)(O)C(c1ccccc1Cl)(c1ccccc1Cl)c1c(O)c(Cl)cc(Cl)c1O. The maximum atomic E-state index is 13.0. The normalized spacial score (nSPS) is 12.2. The van der Waals surface area contributed by atoms with Crippen LogP contribution in [0.2, 0.25) is 20.1 Å². The Balaban J connectivity index is 2.72. The van der Waals surface area contributed by atoms with Gasteiger partial charge in [0.05, 0.1) is 15.6 Å². The van der Waals surface area contributed by atoms with Crippen LogP contribution in [0.3, 0.4) is 0 Å². The summed E-state index contributed by atoms with van der Waals surface area (Å²) < 4.78 is 33.9. The maximum absolute atomic E-state index is 13.0. The Hall–Kier alpha value is -1.67. The number of benzene rings is 3. The molecule has 0 aliphatic carbocycles. The van der Waals surface area contributed by atoms with Gasteiger partial charge in [0.25, 0.3) is 10.1 Å². The van der Waals surface area contributed by atoms with E-state index in [0.717, 1.165) is 6.07 Å². The topological polar surface area (TPSA) is 94.8 Å². The molecule has 3 rings (SSSR count). The van der Waals surface area contributed by atoms with E-state index in [1.807, 2.05) is 0 Å². The average molecular weight is 494 g/mol. The molecular formula is C19H12Cl4O5S. The summed E-state index contributed by atoms with van der Waals surface area (Å²) in [4.78, 5) is 0. The van der Waals surface area contributed by atoms with Gasteiger partial charge < -0.3 is 10.2 Å². The fourth-order valence-corrected chi connectivity index (χ4v) is 5.74. The predicted octanol–water partition coefficient (Wildman–Crippen LogP) is 5.89. The first-order valence-corrected chi connectivity index (χ1v) is 10.9. The van der Waals surface area contributed by atoms with E-state index >= 15 is 0 Å². The van der Waals surface area contributed by atoms with E-state index in [4.69, 9.17) is 46.4 Å². The van der Waals surface area contributed by atoms with Crippen LogP contribution < -0.4 is 0 Å². The van der Waals surface area contributed by atoms with Gasteiger partial charge in [-0.2, -0.15) is 8.42 Å². The summed E-state index contributed by atoms with van der Waals surface area (Å²) in [5, 5.41) is 20.5. The molecule has 0 amide bonds. The summed E-state index contributed by atoms with van der Waals surface area (Å²) in [5.41, 5.74) is -1.04. The molecule has 0 saturated heterocycles. The first kappa shape index (κ1) is 22.0. The molecule has 3 aromatic carbocycles. The molecule has 5 nitrogen and oxygen atoms in total. The van der Waals surface area contributed by atoms with Crippen molar-refractivity contribution in [3.63, 3.8) is 0 Å². The highest BCUT2D eigenvalue weighted by Crippen LogP contribution is 2.56. The van der Waals surface area contributed by atoms with Crippen LogP contribution in [-0.2, 0) is 14.9 Å². The molecule has 0 saturated carbocycles. The maximum Gasteiger partial charge on any atom is 0.283 e. The molecule has 0 spiro atoms.